The molecule has 1 aromatic heterocycles. The highest BCUT2D eigenvalue weighted by molar-refractivity contribution is 5.96. The van der Waals surface area contributed by atoms with Gasteiger partial charge in [-0.25, -0.2) is 9.97 Å². The SMILES string of the molecule is CCc1nc(C(N)=O)c(Nc2ccc(N3CCN(C)CC3)c(OC)c2)nc1NC1CCOCC1. The number of hydrogen-bond acceptors (Lipinski definition) is 9. The first-order valence-electron chi connectivity index (χ1n) is 11.9. The van der Waals surface area contributed by atoms with Gasteiger partial charge in [0.05, 0.1) is 18.5 Å². The van der Waals surface area contributed by atoms with E-state index in [0.717, 1.165) is 69.4 Å². The second kappa shape index (κ2) is 10.9. The Morgan fingerprint density at radius 1 is 1.18 bits per heavy atom. The van der Waals surface area contributed by atoms with Crippen LogP contribution >= 0.6 is 0 Å². The number of primary amides is 1. The van der Waals surface area contributed by atoms with E-state index in [2.05, 4.69) is 32.5 Å². The number of rotatable bonds is 8. The van der Waals surface area contributed by atoms with Gasteiger partial charge in [0.2, 0.25) is 0 Å². The molecule has 0 atom stereocenters. The number of anilines is 4. The second-order valence-corrected chi connectivity index (χ2v) is 8.77. The van der Waals surface area contributed by atoms with E-state index in [-0.39, 0.29) is 11.7 Å². The van der Waals surface area contributed by atoms with Gasteiger partial charge in [-0.05, 0) is 38.4 Å². The van der Waals surface area contributed by atoms with Crippen molar-refractivity contribution in [3.63, 3.8) is 0 Å². The molecule has 4 N–H and O–H groups in total. The monoisotopic (exact) mass is 469 g/mol. The molecule has 2 aliphatic heterocycles. The largest absolute Gasteiger partial charge is 0.495 e. The van der Waals surface area contributed by atoms with Gasteiger partial charge in [-0.1, -0.05) is 6.92 Å². The minimum absolute atomic E-state index is 0.122. The Bertz CT molecular complexity index is 1000. The number of nitrogens with zero attached hydrogens (tertiary/aromatic N) is 4. The lowest BCUT2D eigenvalue weighted by molar-refractivity contribution is 0.0903. The fourth-order valence-electron chi connectivity index (χ4n) is 4.33. The van der Waals surface area contributed by atoms with E-state index in [1.807, 2.05) is 25.1 Å². The van der Waals surface area contributed by atoms with Gasteiger partial charge in [0.25, 0.3) is 5.91 Å². The number of ether oxygens (including phenoxy) is 2. The van der Waals surface area contributed by atoms with E-state index >= 15 is 0 Å². The molecule has 0 unspecified atom stereocenters. The first-order valence-corrected chi connectivity index (χ1v) is 11.9. The highest BCUT2D eigenvalue weighted by Crippen LogP contribution is 2.33. The first kappa shape index (κ1) is 24.0. The van der Waals surface area contributed by atoms with Crippen LogP contribution in [0.5, 0.6) is 5.75 Å². The van der Waals surface area contributed by atoms with Crippen molar-refractivity contribution >= 4 is 28.9 Å². The zero-order valence-electron chi connectivity index (χ0n) is 20.3. The third kappa shape index (κ3) is 5.51. The number of benzene rings is 1. The summed E-state index contributed by atoms with van der Waals surface area (Å²) in [6.07, 6.45) is 2.43. The van der Waals surface area contributed by atoms with Crippen molar-refractivity contribution in [2.45, 2.75) is 32.2 Å². The molecule has 34 heavy (non-hydrogen) atoms. The summed E-state index contributed by atoms with van der Waals surface area (Å²) in [4.78, 5) is 26.1. The number of methoxy groups -OCH3 is 1. The first-order chi connectivity index (χ1) is 16.5. The van der Waals surface area contributed by atoms with Gasteiger partial charge >= 0.3 is 0 Å². The van der Waals surface area contributed by atoms with Crippen LogP contribution in [0.2, 0.25) is 0 Å². The van der Waals surface area contributed by atoms with Gasteiger partial charge in [-0.3, -0.25) is 4.79 Å². The predicted octanol–water partition coefficient (Wildman–Crippen LogP) is 2.23. The Morgan fingerprint density at radius 3 is 2.56 bits per heavy atom. The molecule has 184 valence electrons. The maximum Gasteiger partial charge on any atom is 0.271 e. The number of carbonyl (C=O) groups is 1. The van der Waals surface area contributed by atoms with E-state index in [4.69, 9.17) is 20.2 Å². The van der Waals surface area contributed by atoms with Crippen LogP contribution in [-0.4, -0.2) is 80.4 Å². The van der Waals surface area contributed by atoms with Crippen molar-refractivity contribution in [1.82, 2.24) is 14.9 Å². The summed E-state index contributed by atoms with van der Waals surface area (Å²) in [6.45, 7) is 7.32. The number of likely N-dealkylation sites (N-methyl/N-ethyl adjacent to an activating group) is 1. The Hall–Kier alpha value is -3.11. The maximum atomic E-state index is 12.2. The number of nitrogens with two attached hydrogens (primary N) is 1. The Labute approximate surface area is 200 Å². The van der Waals surface area contributed by atoms with Gasteiger partial charge in [0.15, 0.2) is 17.3 Å². The normalized spacial score (nSPS) is 17.4. The fourth-order valence-corrected chi connectivity index (χ4v) is 4.33. The van der Waals surface area contributed by atoms with Crippen LogP contribution in [0.25, 0.3) is 0 Å². The summed E-state index contributed by atoms with van der Waals surface area (Å²) in [6, 6.07) is 6.16. The molecule has 0 spiro atoms. The molecule has 1 amide bonds. The molecule has 2 saturated heterocycles. The van der Waals surface area contributed by atoms with Crippen molar-refractivity contribution in [3.8, 4) is 5.75 Å². The van der Waals surface area contributed by atoms with Gasteiger partial charge in [0.1, 0.15) is 5.75 Å². The summed E-state index contributed by atoms with van der Waals surface area (Å²) in [5, 5.41) is 6.74. The third-order valence-corrected chi connectivity index (χ3v) is 6.38. The molecule has 4 rings (SSSR count). The Kier molecular flexibility index (Phi) is 7.69. The molecule has 2 fully saturated rings. The predicted molar refractivity (Wildman–Crippen MR) is 133 cm³/mol. The zero-order chi connectivity index (χ0) is 24.1. The van der Waals surface area contributed by atoms with E-state index in [9.17, 15) is 4.79 Å². The fraction of sp³-hybridized carbons (Fsp3) is 0.542. The molecule has 3 heterocycles. The summed E-state index contributed by atoms with van der Waals surface area (Å²) in [7, 11) is 3.80. The lowest BCUT2D eigenvalue weighted by Crippen LogP contribution is -2.44. The van der Waals surface area contributed by atoms with Crippen molar-refractivity contribution < 1.29 is 14.3 Å². The minimum Gasteiger partial charge on any atom is -0.495 e. The molecular weight excluding hydrogens is 434 g/mol. The second-order valence-electron chi connectivity index (χ2n) is 8.77. The van der Waals surface area contributed by atoms with Crippen LogP contribution in [0, 0.1) is 0 Å². The van der Waals surface area contributed by atoms with Crippen molar-refractivity contribution in [3.05, 3.63) is 29.6 Å². The number of nitrogens with one attached hydrogen (secondary N) is 2. The molecule has 0 radical (unpaired) electrons. The van der Waals surface area contributed by atoms with E-state index < -0.39 is 5.91 Å². The molecule has 1 aromatic carbocycles. The molecular formula is C24H35N7O3. The van der Waals surface area contributed by atoms with Gasteiger partial charge in [-0.15, -0.1) is 0 Å². The molecule has 0 aliphatic carbocycles. The van der Waals surface area contributed by atoms with Crippen LogP contribution in [-0.2, 0) is 11.2 Å². The summed E-state index contributed by atoms with van der Waals surface area (Å²) in [5.41, 5.74) is 8.29. The van der Waals surface area contributed by atoms with Crippen LogP contribution in [0.15, 0.2) is 18.2 Å². The standard InChI is InChI=1S/C24H35N7O3/c1-4-18-23(26-16-7-13-34-14-8-16)29-24(21(28-18)22(25)32)27-17-5-6-19(20(15-17)33-3)31-11-9-30(2)10-12-31/h5-6,15-16H,4,7-14H2,1-3H3,(H2,25,32)(H2,26,27,29). The smallest absolute Gasteiger partial charge is 0.271 e. The van der Waals surface area contributed by atoms with Crippen LogP contribution in [0.4, 0.5) is 23.0 Å². The lowest BCUT2D eigenvalue weighted by atomic mass is 10.1. The van der Waals surface area contributed by atoms with Crippen LogP contribution < -0.4 is 26.0 Å². The highest BCUT2D eigenvalue weighted by atomic mass is 16.5. The lowest BCUT2D eigenvalue weighted by Gasteiger charge is -2.34. The van der Waals surface area contributed by atoms with Crippen molar-refractivity contribution in [1.29, 1.82) is 0 Å². The maximum absolute atomic E-state index is 12.2. The zero-order valence-corrected chi connectivity index (χ0v) is 20.3. The molecule has 0 bridgehead atoms. The molecule has 10 heteroatoms. The quantitative estimate of drug-likeness (QED) is 0.535. The summed E-state index contributed by atoms with van der Waals surface area (Å²) < 4.78 is 11.2. The number of aryl methyl sites for hydroxylation is 1. The number of amides is 1. The van der Waals surface area contributed by atoms with Crippen LogP contribution in [0.1, 0.15) is 35.9 Å². The Morgan fingerprint density at radius 2 is 1.91 bits per heavy atom. The minimum atomic E-state index is -0.622. The van der Waals surface area contributed by atoms with E-state index in [1.54, 1.807) is 7.11 Å². The molecule has 10 nitrogen and oxygen atoms in total. The average molecular weight is 470 g/mol. The molecule has 2 aromatic rings. The van der Waals surface area contributed by atoms with Crippen LogP contribution in [0.3, 0.4) is 0 Å². The number of carbonyl (C=O) groups excluding carboxylic acids is 1. The van der Waals surface area contributed by atoms with Gasteiger partial charge in [-0.2, -0.15) is 0 Å². The number of piperazine rings is 1. The highest BCUT2D eigenvalue weighted by Gasteiger charge is 2.22. The van der Waals surface area contributed by atoms with Crippen molar-refractivity contribution in [2.24, 2.45) is 5.73 Å². The summed E-state index contributed by atoms with van der Waals surface area (Å²) in [5.74, 6) is 1.13. The van der Waals surface area contributed by atoms with Crippen molar-refractivity contribution in [2.75, 3.05) is 69.1 Å². The van der Waals surface area contributed by atoms with Gasteiger partial charge < -0.3 is 35.6 Å². The third-order valence-electron chi connectivity index (χ3n) is 6.38. The van der Waals surface area contributed by atoms with E-state index in [0.29, 0.717) is 23.8 Å². The van der Waals surface area contributed by atoms with E-state index in [1.165, 1.54) is 0 Å². The average Bonchev–Trinajstić information content (AvgIpc) is 2.85. The summed E-state index contributed by atoms with van der Waals surface area (Å²) >= 11 is 0. The topological polar surface area (TPSA) is 118 Å². The molecule has 2 aliphatic rings. The molecule has 0 saturated carbocycles. The number of aromatic nitrogens is 2. The number of hydrogen-bond donors (Lipinski definition) is 3. The van der Waals surface area contributed by atoms with Gasteiger partial charge in [0, 0.05) is 57.2 Å². The Balaban J connectivity index is 1.61.